The van der Waals surface area contributed by atoms with Crippen LogP contribution < -0.4 is 5.32 Å². The molecule has 150 valence electrons. The van der Waals surface area contributed by atoms with Gasteiger partial charge in [0.2, 0.25) is 0 Å². The first-order valence-electron chi connectivity index (χ1n) is 10.3. The summed E-state index contributed by atoms with van der Waals surface area (Å²) in [5.41, 5.74) is 4.04. The van der Waals surface area contributed by atoms with Gasteiger partial charge >= 0.3 is 6.18 Å². The molecule has 0 aromatic heterocycles. The maximum Gasteiger partial charge on any atom is 0.416 e. The van der Waals surface area contributed by atoms with Crippen LogP contribution in [0.25, 0.3) is 11.1 Å². The van der Waals surface area contributed by atoms with Crippen LogP contribution in [0.1, 0.15) is 68.7 Å². The number of hydrogen-bond acceptors (Lipinski definition) is 1. The van der Waals surface area contributed by atoms with E-state index >= 15 is 0 Å². The van der Waals surface area contributed by atoms with E-state index in [9.17, 15) is 13.2 Å². The average molecular weight is 387 g/mol. The minimum atomic E-state index is -4.30. The van der Waals surface area contributed by atoms with Gasteiger partial charge in [-0.25, -0.2) is 0 Å². The fourth-order valence-electron chi connectivity index (χ4n) is 4.96. The smallest absolute Gasteiger partial charge is 0.310 e. The van der Waals surface area contributed by atoms with Gasteiger partial charge in [0.25, 0.3) is 0 Å². The lowest BCUT2D eigenvalue weighted by Gasteiger charge is -2.29. The van der Waals surface area contributed by atoms with E-state index in [0.717, 1.165) is 24.1 Å². The maximum absolute atomic E-state index is 12.9. The molecule has 0 amide bonds. The predicted molar refractivity (Wildman–Crippen MR) is 107 cm³/mol. The minimum Gasteiger partial charge on any atom is -0.310 e. The second-order valence-electron chi connectivity index (χ2n) is 8.99. The molecule has 4 heteroatoms. The number of alkyl halides is 3. The Morgan fingerprint density at radius 3 is 2.21 bits per heavy atom. The average Bonchev–Trinajstić information content (AvgIpc) is 3.14. The van der Waals surface area contributed by atoms with E-state index in [1.807, 2.05) is 0 Å². The molecule has 1 unspecified atom stereocenters. The topological polar surface area (TPSA) is 12.0 Å². The third-order valence-corrected chi connectivity index (χ3v) is 6.65. The van der Waals surface area contributed by atoms with Crippen molar-refractivity contribution in [3.63, 3.8) is 0 Å². The van der Waals surface area contributed by atoms with Crippen LogP contribution in [0.3, 0.4) is 0 Å². The monoisotopic (exact) mass is 387 g/mol. The van der Waals surface area contributed by atoms with Crippen LogP contribution in [0, 0.1) is 5.92 Å². The summed E-state index contributed by atoms with van der Waals surface area (Å²) < 4.78 is 38.7. The van der Waals surface area contributed by atoms with E-state index in [1.54, 1.807) is 12.1 Å². The van der Waals surface area contributed by atoms with Crippen molar-refractivity contribution in [2.45, 2.75) is 63.6 Å². The summed E-state index contributed by atoms with van der Waals surface area (Å²) in [5, 5.41) is 3.79. The van der Waals surface area contributed by atoms with Crippen molar-refractivity contribution in [1.82, 2.24) is 5.32 Å². The standard InChI is InChI=1S/C24H28F3N/c1-23(2)13-14-28-22(17-5-3-4-6-17)20-15-18(9-12-21(20)23)16-7-10-19(11-8-16)24(25,26)27/h7-12,15,17,22,28H,3-6,13-14H2,1-2H3. The van der Waals surface area contributed by atoms with Crippen molar-refractivity contribution in [1.29, 1.82) is 0 Å². The van der Waals surface area contributed by atoms with Crippen LogP contribution in [-0.4, -0.2) is 6.54 Å². The Bertz CT molecular complexity index is 830. The first kappa shape index (κ1) is 19.5. The molecule has 0 spiro atoms. The number of fused-ring (bicyclic) bond motifs is 1. The van der Waals surface area contributed by atoms with Gasteiger partial charge in [-0.1, -0.05) is 51.0 Å². The molecule has 1 nitrogen and oxygen atoms in total. The van der Waals surface area contributed by atoms with Crippen LogP contribution in [0.2, 0.25) is 0 Å². The molecule has 1 aliphatic heterocycles. The Balaban J connectivity index is 1.75. The molecule has 28 heavy (non-hydrogen) atoms. The summed E-state index contributed by atoms with van der Waals surface area (Å²) in [5.74, 6) is 0.649. The SMILES string of the molecule is CC1(C)CCNC(C2CCCC2)c2cc(-c3ccc(C(F)(F)F)cc3)ccc21. The zero-order chi connectivity index (χ0) is 19.9. The molecule has 0 radical (unpaired) electrons. The van der Waals surface area contributed by atoms with Crippen molar-refractivity contribution in [3.05, 3.63) is 59.2 Å². The summed E-state index contributed by atoms with van der Waals surface area (Å²) in [6.07, 6.45) is 1.88. The number of nitrogens with one attached hydrogen (secondary N) is 1. The van der Waals surface area contributed by atoms with Crippen molar-refractivity contribution < 1.29 is 13.2 Å². The molecule has 1 saturated carbocycles. The van der Waals surface area contributed by atoms with Crippen molar-refractivity contribution in [3.8, 4) is 11.1 Å². The zero-order valence-electron chi connectivity index (χ0n) is 16.6. The number of rotatable bonds is 2. The Morgan fingerprint density at radius 1 is 0.929 bits per heavy atom. The summed E-state index contributed by atoms with van der Waals surface area (Å²) in [6, 6.07) is 12.4. The fourth-order valence-corrected chi connectivity index (χ4v) is 4.96. The number of hydrogen-bond donors (Lipinski definition) is 1. The minimum absolute atomic E-state index is 0.0916. The van der Waals surface area contributed by atoms with Gasteiger partial charge in [0, 0.05) is 6.04 Å². The molecule has 2 aliphatic rings. The van der Waals surface area contributed by atoms with Gasteiger partial charge in [-0.05, 0) is 77.6 Å². The molecule has 1 fully saturated rings. The first-order chi connectivity index (χ1) is 13.3. The largest absolute Gasteiger partial charge is 0.416 e. The predicted octanol–water partition coefficient (Wildman–Crippen LogP) is 6.87. The second-order valence-corrected chi connectivity index (χ2v) is 8.99. The molecule has 2 aromatic carbocycles. The van der Waals surface area contributed by atoms with Gasteiger partial charge in [-0.15, -0.1) is 0 Å². The van der Waals surface area contributed by atoms with Gasteiger partial charge in [0.15, 0.2) is 0 Å². The molecular formula is C24H28F3N. The lowest BCUT2D eigenvalue weighted by atomic mass is 9.76. The lowest BCUT2D eigenvalue weighted by molar-refractivity contribution is -0.137. The van der Waals surface area contributed by atoms with Crippen molar-refractivity contribution in [2.75, 3.05) is 6.54 Å². The quantitative estimate of drug-likeness (QED) is 0.592. The highest BCUT2D eigenvalue weighted by molar-refractivity contribution is 5.66. The number of benzene rings is 2. The van der Waals surface area contributed by atoms with Crippen molar-refractivity contribution in [2.24, 2.45) is 5.92 Å². The van der Waals surface area contributed by atoms with E-state index in [2.05, 4.69) is 37.4 Å². The molecular weight excluding hydrogens is 359 g/mol. The highest BCUT2D eigenvalue weighted by Crippen LogP contribution is 2.44. The Hall–Kier alpha value is -1.81. The molecule has 2 aromatic rings. The summed E-state index contributed by atoms with van der Waals surface area (Å²) >= 11 is 0. The van der Waals surface area contributed by atoms with Crippen LogP contribution in [0.4, 0.5) is 13.2 Å². The first-order valence-corrected chi connectivity index (χ1v) is 10.3. The molecule has 1 heterocycles. The highest BCUT2D eigenvalue weighted by atomic mass is 19.4. The van der Waals surface area contributed by atoms with Gasteiger partial charge in [0.1, 0.15) is 0 Å². The summed E-state index contributed by atoms with van der Waals surface area (Å²) in [6.45, 7) is 5.59. The van der Waals surface area contributed by atoms with Crippen LogP contribution in [-0.2, 0) is 11.6 Å². The Kier molecular flexibility index (Phi) is 5.03. The van der Waals surface area contributed by atoms with E-state index in [4.69, 9.17) is 0 Å². The maximum atomic E-state index is 12.9. The molecule has 0 saturated heterocycles. The molecule has 1 atom stereocenters. The van der Waals surface area contributed by atoms with E-state index in [1.165, 1.54) is 48.9 Å². The summed E-state index contributed by atoms with van der Waals surface area (Å²) in [7, 11) is 0. The Morgan fingerprint density at radius 2 is 1.57 bits per heavy atom. The van der Waals surface area contributed by atoms with Gasteiger partial charge in [-0.2, -0.15) is 13.2 Å². The summed E-state index contributed by atoms with van der Waals surface area (Å²) in [4.78, 5) is 0. The molecule has 1 N–H and O–H groups in total. The second kappa shape index (κ2) is 7.22. The molecule has 0 bridgehead atoms. The van der Waals surface area contributed by atoms with Crippen molar-refractivity contribution >= 4 is 0 Å². The van der Waals surface area contributed by atoms with E-state index in [0.29, 0.717) is 12.0 Å². The van der Waals surface area contributed by atoms with Gasteiger partial charge in [-0.3, -0.25) is 0 Å². The third kappa shape index (κ3) is 3.71. The third-order valence-electron chi connectivity index (χ3n) is 6.65. The normalized spacial score (nSPS) is 22.7. The highest BCUT2D eigenvalue weighted by Gasteiger charge is 2.35. The van der Waals surface area contributed by atoms with Crippen LogP contribution in [0.5, 0.6) is 0 Å². The fraction of sp³-hybridized carbons (Fsp3) is 0.500. The van der Waals surface area contributed by atoms with Crippen LogP contribution in [0.15, 0.2) is 42.5 Å². The Labute approximate surface area is 165 Å². The lowest BCUT2D eigenvalue weighted by Crippen LogP contribution is -2.27. The zero-order valence-corrected chi connectivity index (χ0v) is 16.6. The molecule has 4 rings (SSSR count). The van der Waals surface area contributed by atoms with E-state index in [-0.39, 0.29) is 5.41 Å². The van der Waals surface area contributed by atoms with Gasteiger partial charge in [0.05, 0.1) is 5.56 Å². The van der Waals surface area contributed by atoms with Gasteiger partial charge < -0.3 is 5.32 Å². The number of halogens is 3. The van der Waals surface area contributed by atoms with E-state index < -0.39 is 11.7 Å². The molecule has 1 aliphatic carbocycles. The van der Waals surface area contributed by atoms with Crippen LogP contribution >= 0.6 is 0 Å².